The highest BCUT2D eigenvalue weighted by Gasteiger charge is 2.13. The van der Waals surface area contributed by atoms with Crippen molar-refractivity contribution in [2.24, 2.45) is 0 Å². The van der Waals surface area contributed by atoms with Crippen molar-refractivity contribution in [1.29, 1.82) is 0 Å². The molecule has 0 spiro atoms. The van der Waals surface area contributed by atoms with Gasteiger partial charge in [-0.3, -0.25) is 4.98 Å². The van der Waals surface area contributed by atoms with Crippen molar-refractivity contribution >= 4 is 32.5 Å². The second-order valence-electron chi connectivity index (χ2n) is 4.43. The third kappa shape index (κ3) is 2.14. The topological polar surface area (TPSA) is 50.7 Å². The molecule has 0 aliphatic rings. The number of nitrogens with one attached hydrogen (secondary N) is 1. The van der Waals surface area contributed by atoms with E-state index in [9.17, 15) is 0 Å². The third-order valence-corrected chi connectivity index (χ3v) is 4.09. The van der Waals surface area contributed by atoms with Crippen molar-refractivity contribution in [2.75, 3.05) is 12.4 Å². The minimum absolute atomic E-state index is 0.631. The fraction of sp³-hybridized carbons (Fsp3) is 0.133. The molecule has 3 rings (SSSR count). The second kappa shape index (κ2) is 5.17. The molecular formula is C15H13BrN4. The van der Waals surface area contributed by atoms with Crippen LogP contribution >= 0.6 is 15.9 Å². The van der Waals surface area contributed by atoms with Crippen LogP contribution in [-0.2, 0) is 0 Å². The van der Waals surface area contributed by atoms with Crippen LogP contribution in [0.2, 0.25) is 0 Å². The van der Waals surface area contributed by atoms with E-state index in [1.807, 2.05) is 38.2 Å². The molecular weight excluding hydrogens is 316 g/mol. The van der Waals surface area contributed by atoms with Gasteiger partial charge in [-0.05, 0) is 34.3 Å². The van der Waals surface area contributed by atoms with Crippen LogP contribution in [0.15, 0.2) is 41.0 Å². The highest BCUT2D eigenvalue weighted by Crippen LogP contribution is 2.28. The van der Waals surface area contributed by atoms with Crippen molar-refractivity contribution in [2.45, 2.75) is 6.92 Å². The van der Waals surface area contributed by atoms with Crippen molar-refractivity contribution in [3.8, 4) is 11.5 Å². The number of aryl methyl sites for hydroxylation is 1. The maximum Gasteiger partial charge on any atom is 0.181 e. The smallest absolute Gasteiger partial charge is 0.181 e. The van der Waals surface area contributed by atoms with Crippen LogP contribution in [0.25, 0.3) is 22.3 Å². The van der Waals surface area contributed by atoms with Crippen LogP contribution in [0.3, 0.4) is 0 Å². The summed E-state index contributed by atoms with van der Waals surface area (Å²) in [6.07, 6.45) is 1.79. The molecule has 0 aliphatic heterocycles. The van der Waals surface area contributed by atoms with Crippen LogP contribution in [0.4, 0.5) is 5.82 Å². The number of benzene rings is 1. The Morgan fingerprint density at radius 2 is 1.90 bits per heavy atom. The molecule has 100 valence electrons. The van der Waals surface area contributed by atoms with E-state index in [0.717, 1.165) is 32.5 Å². The first-order valence-electron chi connectivity index (χ1n) is 6.26. The number of halogens is 1. The zero-order chi connectivity index (χ0) is 14.1. The van der Waals surface area contributed by atoms with Crippen molar-refractivity contribution < 1.29 is 0 Å². The van der Waals surface area contributed by atoms with Gasteiger partial charge >= 0.3 is 0 Å². The number of fused-ring (bicyclic) bond motifs is 1. The van der Waals surface area contributed by atoms with Crippen molar-refractivity contribution in [3.63, 3.8) is 0 Å². The molecule has 1 aromatic carbocycles. The summed E-state index contributed by atoms with van der Waals surface area (Å²) < 4.78 is 0.879. The minimum Gasteiger partial charge on any atom is -0.372 e. The Morgan fingerprint density at radius 1 is 1.10 bits per heavy atom. The highest BCUT2D eigenvalue weighted by molar-refractivity contribution is 9.10. The lowest BCUT2D eigenvalue weighted by Crippen LogP contribution is -2.02. The van der Waals surface area contributed by atoms with Gasteiger partial charge in [-0.1, -0.05) is 24.3 Å². The number of nitrogens with zero attached hydrogens (tertiary/aromatic N) is 3. The molecule has 0 atom stereocenters. The van der Waals surface area contributed by atoms with Crippen LogP contribution in [0, 0.1) is 6.92 Å². The van der Waals surface area contributed by atoms with E-state index in [0.29, 0.717) is 5.82 Å². The van der Waals surface area contributed by atoms with Gasteiger partial charge in [0.25, 0.3) is 0 Å². The first kappa shape index (κ1) is 13.0. The van der Waals surface area contributed by atoms with E-state index in [-0.39, 0.29) is 0 Å². The lowest BCUT2D eigenvalue weighted by molar-refractivity contribution is 1.08. The number of hydrogen-bond acceptors (Lipinski definition) is 4. The van der Waals surface area contributed by atoms with E-state index in [4.69, 9.17) is 0 Å². The van der Waals surface area contributed by atoms with Gasteiger partial charge in [-0.15, -0.1) is 0 Å². The van der Waals surface area contributed by atoms with Gasteiger partial charge in [0.1, 0.15) is 11.5 Å². The fourth-order valence-corrected chi connectivity index (χ4v) is 2.50. The van der Waals surface area contributed by atoms with Crippen LogP contribution in [0.5, 0.6) is 0 Å². The van der Waals surface area contributed by atoms with Gasteiger partial charge in [-0.2, -0.15) is 0 Å². The van der Waals surface area contributed by atoms with Gasteiger partial charge in [0.05, 0.1) is 10.2 Å². The standard InChI is InChI=1S/C15H13BrN4/c1-9-12(16)14(17-2)20-15(19-9)13-11-6-4-3-5-10(11)7-8-18-13/h3-8H,1-2H3,(H,17,19,20). The number of rotatable bonds is 2. The molecule has 0 unspecified atom stereocenters. The summed E-state index contributed by atoms with van der Waals surface area (Å²) in [5.74, 6) is 1.40. The summed E-state index contributed by atoms with van der Waals surface area (Å²) in [6, 6.07) is 10.1. The molecule has 20 heavy (non-hydrogen) atoms. The Bertz CT molecular complexity index is 781. The average Bonchev–Trinajstić information content (AvgIpc) is 2.49. The molecule has 0 radical (unpaired) electrons. The zero-order valence-corrected chi connectivity index (χ0v) is 12.8. The van der Waals surface area contributed by atoms with Crippen LogP contribution < -0.4 is 5.32 Å². The Kier molecular flexibility index (Phi) is 3.36. The molecule has 4 nitrogen and oxygen atoms in total. The Hall–Kier alpha value is -2.01. The molecule has 2 heterocycles. The molecule has 1 N–H and O–H groups in total. The molecule has 3 aromatic rings. The van der Waals surface area contributed by atoms with Gasteiger partial charge in [0.2, 0.25) is 0 Å². The maximum atomic E-state index is 4.54. The molecule has 0 aliphatic carbocycles. The molecule has 0 saturated heterocycles. The zero-order valence-electron chi connectivity index (χ0n) is 11.2. The molecule has 0 amide bonds. The fourth-order valence-electron chi connectivity index (χ4n) is 2.13. The van der Waals surface area contributed by atoms with E-state index in [1.165, 1.54) is 0 Å². The van der Waals surface area contributed by atoms with E-state index in [2.05, 4.69) is 42.3 Å². The van der Waals surface area contributed by atoms with Gasteiger partial charge in [0.15, 0.2) is 5.82 Å². The lowest BCUT2D eigenvalue weighted by Gasteiger charge is -2.09. The molecule has 0 fully saturated rings. The lowest BCUT2D eigenvalue weighted by atomic mass is 10.1. The summed E-state index contributed by atoms with van der Waals surface area (Å²) in [6.45, 7) is 1.95. The molecule has 5 heteroatoms. The quantitative estimate of drug-likeness (QED) is 0.777. The Labute approximate surface area is 125 Å². The number of pyridine rings is 1. The third-order valence-electron chi connectivity index (χ3n) is 3.14. The molecule has 2 aromatic heterocycles. The predicted molar refractivity (Wildman–Crippen MR) is 84.8 cm³/mol. The van der Waals surface area contributed by atoms with E-state index in [1.54, 1.807) is 6.20 Å². The molecule has 0 saturated carbocycles. The van der Waals surface area contributed by atoms with E-state index < -0.39 is 0 Å². The number of anilines is 1. The van der Waals surface area contributed by atoms with Gasteiger partial charge in [0, 0.05) is 18.6 Å². The largest absolute Gasteiger partial charge is 0.372 e. The second-order valence-corrected chi connectivity index (χ2v) is 5.22. The SMILES string of the molecule is CNc1nc(-c2nccc3ccccc23)nc(C)c1Br. The highest BCUT2D eigenvalue weighted by atomic mass is 79.9. The number of hydrogen-bond donors (Lipinski definition) is 1. The van der Waals surface area contributed by atoms with Crippen molar-refractivity contribution in [3.05, 3.63) is 46.7 Å². The molecule has 0 bridgehead atoms. The minimum atomic E-state index is 0.631. The normalized spacial score (nSPS) is 10.8. The summed E-state index contributed by atoms with van der Waals surface area (Å²) in [5, 5.41) is 5.26. The number of aromatic nitrogens is 3. The first-order valence-corrected chi connectivity index (χ1v) is 7.06. The maximum absolute atomic E-state index is 4.54. The Balaban J connectivity index is 2.28. The van der Waals surface area contributed by atoms with Gasteiger partial charge in [-0.25, -0.2) is 9.97 Å². The van der Waals surface area contributed by atoms with E-state index >= 15 is 0 Å². The monoisotopic (exact) mass is 328 g/mol. The summed E-state index contributed by atoms with van der Waals surface area (Å²) in [4.78, 5) is 13.5. The Morgan fingerprint density at radius 3 is 2.70 bits per heavy atom. The average molecular weight is 329 g/mol. The van der Waals surface area contributed by atoms with Crippen LogP contribution in [-0.4, -0.2) is 22.0 Å². The summed E-state index contributed by atoms with van der Waals surface area (Å²) in [5.41, 5.74) is 1.68. The predicted octanol–water partition coefficient (Wildman–Crippen LogP) is 3.80. The first-order chi connectivity index (χ1) is 9.70. The summed E-state index contributed by atoms with van der Waals surface area (Å²) in [7, 11) is 1.84. The van der Waals surface area contributed by atoms with Gasteiger partial charge < -0.3 is 5.32 Å². The van der Waals surface area contributed by atoms with Crippen molar-refractivity contribution in [1.82, 2.24) is 15.0 Å². The van der Waals surface area contributed by atoms with Crippen LogP contribution in [0.1, 0.15) is 5.69 Å². The summed E-state index contributed by atoms with van der Waals surface area (Å²) >= 11 is 3.49.